The third-order valence-electron chi connectivity index (χ3n) is 3.52. The van der Waals surface area contributed by atoms with Crippen LogP contribution in [0.3, 0.4) is 0 Å². The molecule has 88 valence electrons. The molecule has 2 aliphatic rings. The van der Waals surface area contributed by atoms with E-state index in [1.54, 1.807) is 6.07 Å². The monoisotopic (exact) mass is 249 g/mol. The minimum absolute atomic E-state index is 0.342. The van der Waals surface area contributed by atoms with Crippen LogP contribution >= 0.6 is 11.6 Å². The van der Waals surface area contributed by atoms with Crippen molar-refractivity contribution < 1.29 is 9.47 Å². The van der Waals surface area contributed by atoms with E-state index in [0.717, 1.165) is 18.4 Å². The number of hydrogen-bond donors (Lipinski definition) is 0. The Bertz CT molecular complexity index is 481. The molecule has 3 rings (SSSR count). The summed E-state index contributed by atoms with van der Waals surface area (Å²) in [5.41, 5.74) is 1.58. The van der Waals surface area contributed by atoms with Gasteiger partial charge in [0.1, 0.15) is 6.07 Å². The summed E-state index contributed by atoms with van der Waals surface area (Å²) in [4.78, 5) is 0. The van der Waals surface area contributed by atoms with E-state index in [2.05, 4.69) is 6.07 Å². The lowest BCUT2D eigenvalue weighted by Crippen LogP contribution is -2.43. The molecule has 2 fully saturated rings. The molecule has 0 atom stereocenters. The van der Waals surface area contributed by atoms with Crippen molar-refractivity contribution in [2.45, 2.75) is 24.5 Å². The van der Waals surface area contributed by atoms with Gasteiger partial charge >= 0.3 is 0 Å². The molecule has 3 nitrogen and oxygen atoms in total. The maximum atomic E-state index is 8.94. The van der Waals surface area contributed by atoms with Crippen molar-refractivity contribution in [2.75, 3.05) is 13.2 Å². The molecule has 1 saturated heterocycles. The summed E-state index contributed by atoms with van der Waals surface area (Å²) >= 11 is 6.21. The van der Waals surface area contributed by atoms with E-state index in [4.69, 9.17) is 26.3 Å². The first kappa shape index (κ1) is 11.0. The summed E-state index contributed by atoms with van der Waals surface area (Å²) in [7, 11) is 0. The lowest BCUT2D eigenvalue weighted by molar-refractivity contribution is -0.215. The Kier molecular flexibility index (Phi) is 2.59. The zero-order chi connectivity index (χ0) is 11.9. The standard InChI is InChI=1S/C13H12ClNO2/c14-12-9(8-15)2-1-3-11(12)10-6-13(7-10)16-4-5-17-13/h1-3,10H,4-7H2. The van der Waals surface area contributed by atoms with Crippen molar-refractivity contribution >= 4 is 11.6 Å². The third kappa shape index (κ3) is 1.73. The van der Waals surface area contributed by atoms with Gasteiger partial charge in [-0.25, -0.2) is 0 Å². The second kappa shape index (κ2) is 3.99. The quantitative estimate of drug-likeness (QED) is 0.769. The van der Waals surface area contributed by atoms with Gasteiger partial charge in [0.15, 0.2) is 5.79 Å². The van der Waals surface area contributed by atoms with E-state index in [0.29, 0.717) is 29.7 Å². The van der Waals surface area contributed by atoms with E-state index in [1.807, 2.05) is 12.1 Å². The summed E-state index contributed by atoms with van der Waals surface area (Å²) in [5.74, 6) is -0.0229. The van der Waals surface area contributed by atoms with Crippen LogP contribution in [-0.2, 0) is 9.47 Å². The summed E-state index contributed by atoms with van der Waals surface area (Å²) in [6, 6.07) is 7.70. The van der Waals surface area contributed by atoms with Crippen molar-refractivity contribution in [3.8, 4) is 6.07 Å². The Morgan fingerprint density at radius 1 is 1.29 bits per heavy atom. The molecule has 0 N–H and O–H groups in total. The van der Waals surface area contributed by atoms with Gasteiger partial charge in [0.2, 0.25) is 0 Å². The highest BCUT2D eigenvalue weighted by molar-refractivity contribution is 6.32. The van der Waals surface area contributed by atoms with Crippen molar-refractivity contribution in [1.29, 1.82) is 5.26 Å². The summed E-state index contributed by atoms with van der Waals surface area (Å²) < 4.78 is 11.2. The normalized spacial score (nSPS) is 22.4. The Morgan fingerprint density at radius 2 is 2.00 bits per heavy atom. The molecule has 0 unspecified atom stereocenters. The van der Waals surface area contributed by atoms with Gasteiger partial charge in [-0.2, -0.15) is 5.26 Å². The Morgan fingerprint density at radius 3 is 2.65 bits per heavy atom. The highest BCUT2D eigenvalue weighted by Crippen LogP contribution is 2.51. The largest absolute Gasteiger partial charge is 0.347 e. The smallest absolute Gasteiger partial charge is 0.169 e. The molecule has 0 radical (unpaired) electrons. The van der Waals surface area contributed by atoms with Crippen molar-refractivity contribution in [3.63, 3.8) is 0 Å². The molecule has 1 aliphatic carbocycles. The van der Waals surface area contributed by atoms with E-state index < -0.39 is 0 Å². The van der Waals surface area contributed by atoms with Crippen LogP contribution in [0.15, 0.2) is 18.2 Å². The fourth-order valence-corrected chi connectivity index (χ4v) is 2.92. The van der Waals surface area contributed by atoms with Crippen LogP contribution in [0.4, 0.5) is 0 Å². The average Bonchev–Trinajstić information content (AvgIpc) is 2.77. The maximum absolute atomic E-state index is 8.94. The van der Waals surface area contributed by atoms with Crippen molar-refractivity contribution in [2.24, 2.45) is 0 Å². The van der Waals surface area contributed by atoms with Crippen molar-refractivity contribution in [3.05, 3.63) is 34.3 Å². The summed E-state index contributed by atoms with van der Waals surface area (Å²) in [5, 5.41) is 9.51. The Hall–Kier alpha value is -1.08. The van der Waals surface area contributed by atoms with Crippen LogP contribution in [0.1, 0.15) is 29.9 Å². The number of rotatable bonds is 1. The molecule has 1 aromatic carbocycles. The fourth-order valence-electron chi connectivity index (χ4n) is 2.60. The predicted octanol–water partition coefficient (Wildman–Crippen LogP) is 2.83. The van der Waals surface area contributed by atoms with E-state index in [9.17, 15) is 0 Å². The summed E-state index contributed by atoms with van der Waals surface area (Å²) in [6.07, 6.45) is 1.67. The molecule has 17 heavy (non-hydrogen) atoms. The molecule has 1 spiro atoms. The molecule has 0 bridgehead atoms. The van der Waals surface area contributed by atoms with Gasteiger partial charge in [0.05, 0.1) is 23.8 Å². The van der Waals surface area contributed by atoms with Crippen molar-refractivity contribution in [1.82, 2.24) is 0 Å². The number of nitrogens with zero attached hydrogens (tertiary/aromatic N) is 1. The first-order chi connectivity index (χ1) is 8.24. The molecule has 0 aromatic heterocycles. The second-order valence-electron chi connectivity index (χ2n) is 4.53. The van der Waals surface area contributed by atoms with Crippen LogP contribution < -0.4 is 0 Å². The van der Waals surface area contributed by atoms with Gasteiger partial charge in [0.25, 0.3) is 0 Å². The van der Waals surface area contributed by atoms with Crippen LogP contribution in [0.2, 0.25) is 5.02 Å². The fraction of sp³-hybridized carbons (Fsp3) is 0.462. The van der Waals surface area contributed by atoms with Crippen LogP contribution in [-0.4, -0.2) is 19.0 Å². The summed E-state index contributed by atoms with van der Waals surface area (Å²) in [6.45, 7) is 1.36. The van der Waals surface area contributed by atoms with Gasteiger partial charge in [-0.1, -0.05) is 23.7 Å². The third-order valence-corrected chi connectivity index (χ3v) is 3.94. The van der Waals surface area contributed by atoms with Gasteiger partial charge in [-0.05, 0) is 17.5 Å². The molecule has 1 aromatic rings. The van der Waals surface area contributed by atoms with Gasteiger partial charge in [0, 0.05) is 12.8 Å². The SMILES string of the molecule is N#Cc1cccc(C2CC3(C2)OCCO3)c1Cl. The molecule has 1 saturated carbocycles. The number of ether oxygens (including phenoxy) is 2. The molecule has 1 heterocycles. The lowest BCUT2D eigenvalue weighted by Gasteiger charge is -2.43. The zero-order valence-electron chi connectivity index (χ0n) is 9.28. The molecule has 0 amide bonds. The van der Waals surface area contributed by atoms with E-state index in [-0.39, 0.29) is 5.79 Å². The number of halogens is 1. The molecular formula is C13H12ClNO2. The van der Waals surface area contributed by atoms with Crippen LogP contribution in [0, 0.1) is 11.3 Å². The van der Waals surface area contributed by atoms with E-state index in [1.165, 1.54) is 0 Å². The van der Waals surface area contributed by atoms with Crippen LogP contribution in [0.25, 0.3) is 0 Å². The average molecular weight is 250 g/mol. The first-order valence-corrected chi connectivity index (χ1v) is 6.08. The van der Waals surface area contributed by atoms with E-state index >= 15 is 0 Å². The van der Waals surface area contributed by atoms with Crippen LogP contribution in [0.5, 0.6) is 0 Å². The second-order valence-corrected chi connectivity index (χ2v) is 4.91. The Balaban J connectivity index is 1.81. The number of benzene rings is 1. The topological polar surface area (TPSA) is 42.2 Å². The highest BCUT2D eigenvalue weighted by Gasteiger charge is 2.50. The number of nitriles is 1. The first-order valence-electron chi connectivity index (χ1n) is 5.70. The zero-order valence-corrected chi connectivity index (χ0v) is 10.0. The Labute approximate surface area is 105 Å². The van der Waals surface area contributed by atoms with Gasteiger partial charge in [-0.3, -0.25) is 0 Å². The molecule has 4 heteroatoms. The molecular weight excluding hydrogens is 238 g/mol. The highest BCUT2D eigenvalue weighted by atomic mass is 35.5. The lowest BCUT2D eigenvalue weighted by atomic mass is 9.74. The van der Waals surface area contributed by atoms with Gasteiger partial charge < -0.3 is 9.47 Å². The predicted molar refractivity (Wildman–Crippen MR) is 62.8 cm³/mol. The maximum Gasteiger partial charge on any atom is 0.169 e. The minimum atomic E-state index is -0.364. The molecule has 1 aliphatic heterocycles. The van der Waals surface area contributed by atoms with Gasteiger partial charge in [-0.15, -0.1) is 0 Å². The minimum Gasteiger partial charge on any atom is -0.347 e. The number of hydrogen-bond acceptors (Lipinski definition) is 3.